The van der Waals surface area contributed by atoms with E-state index in [0.717, 1.165) is 19.4 Å². The Morgan fingerprint density at radius 2 is 2.47 bits per heavy atom. The quantitative estimate of drug-likeness (QED) is 0.762. The zero-order valence-corrected chi connectivity index (χ0v) is 9.76. The number of hydrogen-bond acceptors (Lipinski definition) is 5. The van der Waals surface area contributed by atoms with Crippen LogP contribution >= 0.6 is 0 Å². The van der Waals surface area contributed by atoms with Gasteiger partial charge in [-0.1, -0.05) is 0 Å². The van der Waals surface area contributed by atoms with E-state index in [2.05, 4.69) is 16.3 Å². The number of nitrogens with zero attached hydrogens (tertiary/aromatic N) is 4. The first-order valence-corrected chi connectivity index (χ1v) is 5.69. The summed E-state index contributed by atoms with van der Waals surface area (Å²) in [7, 11) is 0. The topological polar surface area (TPSA) is 69.9 Å². The number of rotatable bonds is 2. The number of ketones is 1. The summed E-state index contributed by atoms with van der Waals surface area (Å²) in [4.78, 5) is 13.4. The van der Waals surface area contributed by atoms with E-state index < -0.39 is 0 Å². The molecule has 0 N–H and O–H groups in total. The first kappa shape index (κ1) is 11.5. The third kappa shape index (κ3) is 2.41. The molecule has 0 radical (unpaired) electrons. The summed E-state index contributed by atoms with van der Waals surface area (Å²) >= 11 is 0. The van der Waals surface area contributed by atoms with Crippen molar-refractivity contribution in [3.63, 3.8) is 0 Å². The van der Waals surface area contributed by atoms with Gasteiger partial charge in [0.1, 0.15) is 11.9 Å². The second-order valence-corrected chi connectivity index (χ2v) is 4.28. The van der Waals surface area contributed by atoms with Crippen LogP contribution in [0.5, 0.6) is 0 Å². The predicted octanol–water partition coefficient (Wildman–Crippen LogP) is 1.15. The predicted molar refractivity (Wildman–Crippen MR) is 62.4 cm³/mol. The zero-order valence-electron chi connectivity index (χ0n) is 9.76. The highest BCUT2D eigenvalue weighted by atomic mass is 16.1. The molecule has 17 heavy (non-hydrogen) atoms. The normalized spacial score (nSPS) is 19.8. The molecule has 1 atom stereocenters. The Balaban J connectivity index is 2.22. The van der Waals surface area contributed by atoms with Crippen molar-refractivity contribution < 1.29 is 4.79 Å². The van der Waals surface area contributed by atoms with Crippen molar-refractivity contribution in [2.75, 3.05) is 18.0 Å². The molecule has 1 aliphatic rings. The van der Waals surface area contributed by atoms with E-state index >= 15 is 0 Å². The number of aromatic nitrogens is 2. The summed E-state index contributed by atoms with van der Waals surface area (Å²) in [6, 6.07) is 3.76. The lowest BCUT2D eigenvalue weighted by molar-refractivity contribution is -0.120. The van der Waals surface area contributed by atoms with Crippen LogP contribution in [0.4, 0.5) is 5.82 Å². The van der Waals surface area contributed by atoms with Gasteiger partial charge in [0.25, 0.3) is 0 Å². The van der Waals surface area contributed by atoms with E-state index in [1.165, 1.54) is 6.20 Å². The molecule has 5 heteroatoms. The highest BCUT2D eigenvalue weighted by molar-refractivity contribution is 5.79. The van der Waals surface area contributed by atoms with E-state index in [1.807, 2.05) is 4.90 Å². The fraction of sp³-hybridized carbons (Fsp3) is 0.500. The maximum absolute atomic E-state index is 11.4. The number of piperidine rings is 1. The minimum absolute atomic E-state index is 0.0531. The van der Waals surface area contributed by atoms with Crippen LogP contribution in [0, 0.1) is 17.2 Å². The molecule has 0 aromatic carbocycles. The van der Waals surface area contributed by atoms with Gasteiger partial charge in [-0.25, -0.2) is 0 Å². The first-order valence-electron chi connectivity index (χ1n) is 5.69. The molecule has 5 nitrogen and oxygen atoms in total. The molecule has 88 valence electrons. The standard InChI is InChI=1S/C12H14N4O/c1-9(17)11-3-2-6-16(8-11)12-10(7-13)4-5-14-15-12/h4-5,11H,2-3,6,8H2,1H3. The third-order valence-corrected chi connectivity index (χ3v) is 3.12. The molecule has 0 bridgehead atoms. The van der Waals surface area contributed by atoms with Crippen molar-refractivity contribution >= 4 is 11.6 Å². The summed E-state index contributed by atoms with van der Waals surface area (Å²) in [5.74, 6) is 0.857. The van der Waals surface area contributed by atoms with Gasteiger partial charge in [-0.05, 0) is 25.8 Å². The molecule has 1 aromatic heterocycles. The van der Waals surface area contributed by atoms with Crippen LogP contribution in [0.25, 0.3) is 0 Å². The smallest absolute Gasteiger partial charge is 0.169 e. The minimum atomic E-state index is 0.0531. The third-order valence-electron chi connectivity index (χ3n) is 3.12. The lowest BCUT2D eigenvalue weighted by Crippen LogP contribution is -2.39. The molecule has 0 saturated carbocycles. The van der Waals surface area contributed by atoms with Gasteiger partial charge < -0.3 is 4.90 Å². The number of carbonyl (C=O) groups is 1. The maximum Gasteiger partial charge on any atom is 0.169 e. The molecule has 1 aliphatic heterocycles. The molecule has 2 rings (SSSR count). The van der Waals surface area contributed by atoms with Crippen LogP contribution in [0.2, 0.25) is 0 Å². The minimum Gasteiger partial charge on any atom is -0.353 e. The van der Waals surface area contributed by atoms with Crippen molar-refractivity contribution in [1.82, 2.24) is 10.2 Å². The molecule has 0 spiro atoms. The largest absolute Gasteiger partial charge is 0.353 e. The van der Waals surface area contributed by atoms with Gasteiger partial charge in [0.15, 0.2) is 5.82 Å². The average Bonchev–Trinajstić information content (AvgIpc) is 2.39. The van der Waals surface area contributed by atoms with Gasteiger partial charge in [0.2, 0.25) is 0 Å². The van der Waals surface area contributed by atoms with Crippen LogP contribution < -0.4 is 4.90 Å². The monoisotopic (exact) mass is 230 g/mol. The SMILES string of the molecule is CC(=O)C1CCCN(c2nnccc2C#N)C1. The Bertz CT molecular complexity index is 466. The molecular formula is C12H14N4O. The first-order chi connectivity index (χ1) is 8.22. The van der Waals surface area contributed by atoms with Crippen molar-refractivity contribution in [2.24, 2.45) is 5.92 Å². The highest BCUT2D eigenvalue weighted by Gasteiger charge is 2.25. The summed E-state index contributed by atoms with van der Waals surface area (Å²) in [5.41, 5.74) is 0.518. The van der Waals surface area contributed by atoms with Gasteiger partial charge in [0, 0.05) is 19.0 Å². The van der Waals surface area contributed by atoms with E-state index in [1.54, 1.807) is 13.0 Å². The average molecular weight is 230 g/mol. The van der Waals surface area contributed by atoms with Crippen molar-refractivity contribution in [3.8, 4) is 6.07 Å². The second-order valence-electron chi connectivity index (χ2n) is 4.28. The molecule has 0 amide bonds. The number of hydrogen-bond donors (Lipinski definition) is 0. The van der Waals surface area contributed by atoms with Crippen LogP contribution in [-0.2, 0) is 4.79 Å². The molecule has 1 aromatic rings. The van der Waals surface area contributed by atoms with Gasteiger partial charge in [-0.15, -0.1) is 5.10 Å². The van der Waals surface area contributed by atoms with E-state index in [4.69, 9.17) is 5.26 Å². The second kappa shape index (κ2) is 4.91. The molecular weight excluding hydrogens is 216 g/mol. The van der Waals surface area contributed by atoms with E-state index in [9.17, 15) is 4.79 Å². The van der Waals surface area contributed by atoms with Gasteiger partial charge >= 0.3 is 0 Å². The van der Waals surface area contributed by atoms with Crippen molar-refractivity contribution in [3.05, 3.63) is 17.8 Å². The summed E-state index contributed by atoms with van der Waals surface area (Å²) < 4.78 is 0. The summed E-state index contributed by atoms with van der Waals surface area (Å²) in [6.45, 7) is 3.09. The fourth-order valence-corrected chi connectivity index (χ4v) is 2.15. The van der Waals surface area contributed by atoms with Crippen LogP contribution in [0.1, 0.15) is 25.3 Å². The summed E-state index contributed by atoms with van der Waals surface area (Å²) in [6.07, 6.45) is 3.38. The molecule has 1 unspecified atom stereocenters. The Kier molecular flexibility index (Phi) is 3.33. The van der Waals surface area contributed by atoms with Crippen LogP contribution in [0.15, 0.2) is 12.3 Å². The maximum atomic E-state index is 11.4. The van der Waals surface area contributed by atoms with E-state index in [0.29, 0.717) is 17.9 Å². The Morgan fingerprint density at radius 3 is 3.18 bits per heavy atom. The zero-order chi connectivity index (χ0) is 12.3. The molecule has 1 saturated heterocycles. The van der Waals surface area contributed by atoms with Crippen molar-refractivity contribution in [1.29, 1.82) is 5.26 Å². The van der Waals surface area contributed by atoms with Gasteiger partial charge in [0.05, 0.1) is 11.8 Å². The molecule has 1 fully saturated rings. The Morgan fingerprint density at radius 1 is 1.65 bits per heavy atom. The Labute approximate surface area is 100 Å². The number of carbonyl (C=O) groups excluding carboxylic acids is 1. The lowest BCUT2D eigenvalue weighted by atomic mass is 9.94. The van der Waals surface area contributed by atoms with Crippen LogP contribution in [0.3, 0.4) is 0 Å². The number of nitriles is 1. The number of Topliss-reactive ketones (excluding diaryl/α,β-unsaturated/α-hetero) is 1. The van der Waals surface area contributed by atoms with Gasteiger partial charge in [-0.2, -0.15) is 10.4 Å². The Hall–Kier alpha value is -1.96. The van der Waals surface area contributed by atoms with Gasteiger partial charge in [-0.3, -0.25) is 4.79 Å². The number of anilines is 1. The fourth-order valence-electron chi connectivity index (χ4n) is 2.15. The molecule has 2 heterocycles. The van der Waals surface area contributed by atoms with Crippen LogP contribution in [-0.4, -0.2) is 29.1 Å². The van der Waals surface area contributed by atoms with E-state index in [-0.39, 0.29) is 11.7 Å². The summed E-state index contributed by atoms with van der Waals surface area (Å²) in [5, 5.41) is 16.8. The lowest BCUT2D eigenvalue weighted by Gasteiger charge is -2.32. The highest BCUT2D eigenvalue weighted by Crippen LogP contribution is 2.23. The molecule has 0 aliphatic carbocycles. The van der Waals surface area contributed by atoms with Crippen molar-refractivity contribution in [2.45, 2.75) is 19.8 Å².